The number of carbonyl (C=O) groups is 1. The van der Waals surface area contributed by atoms with Crippen LogP contribution in [0.15, 0.2) is 53.3 Å². The fourth-order valence-electron chi connectivity index (χ4n) is 3.95. The number of benzene rings is 2. The molecule has 1 saturated carbocycles. The second-order valence-corrected chi connectivity index (χ2v) is 7.51. The smallest absolute Gasteiger partial charge is 0.278 e. The molecular formula is C22H23FN4O2. The third-order valence-electron chi connectivity index (χ3n) is 5.52. The van der Waals surface area contributed by atoms with Gasteiger partial charge in [0.15, 0.2) is 0 Å². The van der Waals surface area contributed by atoms with Gasteiger partial charge in [0, 0.05) is 12.6 Å². The Morgan fingerprint density at radius 1 is 1.07 bits per heavy atom. The van der Waals surface area contributed by atoms with E-state index >= 15 is 0 Å². The Labute approximate surface area is 168 Å². The summed E-state index contributed by atoms with van der Waals surface area (Å²) in [5, 5.41) is 8.45. The van der Waals surface area contributed by atoms with E-state index in [1.54, 1.807) is 36.4 Å². The predicted molar refractivity (Wildman–Crippen MR) is 108 cm³/mol. The summed E-state index contributed by atoms with van der Waals surface area (Å²) in [4.78, 5) is 27.7. The van der Waals surface area contributed by atoms with Gasteiger partial charge >= 0.3 is 0 Å². The van der Waals surface area contributed by atoms with E-state index in [1.807, 2.05) is 4.90 Å². The summed E-state index contributed by atoms with van der Waals surface area (Å²) in [6.07, 6.45) is 5.20. The van der Waals surface area contributed by atoms with Crippen LogP contribution in [0.25, 0.3) is 10.9 Å². The molecule has 0 radical (unpaired) electrons. The molecule has 2 aromatic carbocycles. The highest BCUT2D eigenvalue weighted by Crippen LogP contribution is 2.24. The highest BCUT2D eigenvalue weighted by molar-refractivity contribution is 5.78. The quantitative estimate of drug-likeness (QED) is 0.666. The second kappa shape index (κ2) is 8.51. The van der Waals surface area contributed by atoms with Crippen molar-refractivity contribution in [3.63, 3.8) is 0 Å². The second-order valence-electron chi connectivity index (χ2n) is 7.51. The Balaban J connectivity index is 1.59. The van der Waals surface area contributed by atoms with E-state index in [1.165, 1.54) is 18.6 Å². The van der Waals surface area contributed by atoms with Crippen LogP contribution in [0.5, 0.6) is 0 Å². The van der Waals surface area contributed by atoms with Crippen LogP contribution in [0, 0.1) is 5.82 Å². The van der Waals surface area contributed by atoms with Gasteiger partial charge in [0.1, 0.15) is 17.9 Å². The van der Waals surface area contributed by atoms with E-state index < -0.39 is 0 Å². The average Bonchev–Trinajstić information content (AvgIpc) is 2.76. The van der Waals surface area contributed by atoms with Crippen molar-refractivity contribution in [1.82, 2.24) is 19.9 Å². The SMILES string of the molecule is O=C(Cn1nnc2ccccc2c1=O)N(Cc1ccc(F)cc1)C1CCCCC1. The lowest BCUT2D eigenvalue weighted by molar-refractivity contribution is -0.136. The lowest BCUT2D eigenvalue weighted by Crippen LogP contribution is -2.44. The van der Waals surface area contributed by atoms with Gasteiger partial charge in [-0.25, -0.2) is 9.07 Å². The summed E-state index contributed by atoms with van der Waals surface area (Å²) in [6.45, 7) is 0.230. The summed E-state index contributed by atoms with van der Waals surface area (Å²) in [6, 6.07) is 13.3. The van der Waals surface area contributed by atoms with Crippen LogP contribution in [0.1, 0.15) is 37.7 Å². The van der Waals surface area contributed by atoms with E-state index in [0.29, 0.717) is 17.4 Å². The summed E-state index contributed by atoms with van der Waals surface area (Å²) in [7, 11) is 0. The monoisotopic (exact) mass is 394 g/mol. The third-order valence-corrected chi connectivity index (χ3v) is 5.52. The number of aromatic nitrogens is 3. The molecule has 0 saturated heterocycles. The summed E-state index contributed by atoms with van der Waals surface area (Å²) >= 11 is 0. The zero-order chi connectivity index (χ0) is 20.2. The van der Waals surface area contributed by atoms with Gasteiger partial charge in [-0.3, -0.25) is 9.59 Å². The summed E-state index contributed by atoms with van der Waals surface area (Å²) in [5.74, 6) is -0.477. The molecule has 1 heterocycles. The first kappa shape index (κ1) is 19.2. The van der Waals surface area contributed by atoms with Crippen LogP contribution in [0.4, 0.5) is 4.39 Å². The van der Waals surface area contributed by atoms with Gasteiger partial charge in [0.05, 0.1) is 5.39 Å². The molecule has 29 heavy (non-hydrogen) atoms. The van der Waals surface area contributed by atoms with Crippen molar-refractivity contribution in [2.75, 3.05) is 0 Å². The van der Waals surface area contributed by atoms with Crippen molar-refractivity contribution >= 4 is 16.8 Å². The number of nitrogens with zero attached hydrogens (tertiary/aromatic N) is 4. The number of fused-ring (bicyclic) bond motifs is 1. The van der Waals surface area contributed by atoms with Crippen molar-refractivity contribution in [3.05, 3.63) is 70.3 Å². The van der Waals surface area contributed by atoms with Crippen LogP contribution in [-0.2, 0) is 17.9 Å². The maximum atomic E-state index is 13.3. The molecular weight excluding hydrogens is 371 g/mol. The minimum Gasteiger partial charge on any atom is -0.334 e. The Kier molecular flexibility index (Phi) is 5.64. The van der Waals surface area contributed by atoms with E-state index in [4.69, 9.17) is 0 Å². The van der Waals surface area contributed by atoms with Crippen molar-refractivity contribution < 1.29 is 9.18 Å². The molecule has 0 bridgehead atoms. The van der Waals surface area contributed by atoms with Crippen LogP contribution in [0.3, 0.4) is 0 Å². The lowest BCUT2D eigenvalue weighted by Gasteiger charge is -2.34. The van der Waals surface area contributed by atoms with Gasteiger partial charge in [0.25, 0.3) is 5.56 Å². The molecule has 1 aliphatic rings. The topological polar surface area (TPSA) is 68.1 Å². The van der Waals surface area contributed by atoms with Crippen molar-refractivity contribution in [2.24, 2.45) is 0 Å². The molecule has 0 atom stereocenters. The predicted octanol–water partition coefficient (Wildman–Crippen LogP) is 3.29. The molecule has 7 heteroatoms. The number of carbonyl (C=O) groups excluding carboxylic acids is 1. The van der Waals surface area contributed by atoms with Gasteiger partial charge in [0.2, 0.25) is 5.91 Å². The zero-order valence-electron chi connectivity index (χ0n) is 16.1. The Hall–Kier alpha value is -3.09. The first-order chi connectivity index (χ1) is 14.1. The minimum absolute atomic E-state index is 0.116. The molecule has 1 aromatic heterocycles. The zero-order valence-corrected chi connectivity index (χ0v) is 16.1. The molecule has 4 rings (SSSR count). The third kappa shape index (κ3) is 4.34. The number of hydrogen-bond donors (Lipinski definition) is 0. The summed E-state index contributed by atoms with van der Waals surface area (Å²) < 4.78 is 14.4. The fourth-order valence-corrected chi connectivity index (χ4v) is 3.95. The molecule has 3 aromatic rings. The molecule has 0 unspecified atom stereocenters. The summed E-state index contributed by atoms with van der Waals surface area (Å²) in [5.41, 5.74) is 1.05. The van der Waals surface area contributed by atoms with Crippen LogP contribution < -0.4 is 5.56 Å². The molecule has 1 aliphatic carbocycles. The largest absolute Gasteiger partial charge is 0.334 e. The first-order valence-electron chi connectivity index (χ1n) is 9.98. The normalized spacial score (nSPS) is 14.8. The van der Waals surface area contributed by atoms with Crippen LogP contribution in [0.2, 0.25) is 0 Å². The number of halogens is 1. The maximum absolute atomic E-state index is 13.3. The molecule has 0 spiro atoms. The van der Waals surface area contributed by atoms with Gasteiger partial charge in [-0.2, -0.15) is 0 Å². The maximum Gasteiger partial charge on any atom is 0.278 e. The minimum atomic E-state index is -0.325. The molecule has 6 nitrogen and oxygen atoms in total. The average molecular weight is 394 g/mol. The van der Waals surface area contributed by atoms with Crippen LogP contribution in [-0.4, -0.2) is 31.8 Å². The Morgan fingerprint density at radius 3 is 2.55 bits per heavy atom. The van der Waals surface area contributed by atoms with Gasteiger partial charge in [-0.1, -0.05) is 48.7 Å². The number of rotatable bonds is 5. The molecule has 0 aliphatic heterocycles. The van der Waals surface area contributed by atoms with Crippen LogP contribution >= 0.6 is 0 Å². The molecule has 0 N–H and O–H groups in total. The molecule has 1 fully saturated rings. The molecule has 150 valence electrons. The first-order valence-corrected chi connectivity index (χ1v) is 9.98. The van der Waals surface area contributed by atoms with Gasteiger partial charge in [-0.15, -0.1) is 5.10 Å². The fraction of sp³-hybridized carbons (Fsp3) is 0.364. The highest BCUT2D eigenvalue weighted by atomic mass is 19.1. The van der Waals surface area contributed by atoms with Gasteiger partial charge < -0.3 is 4.90 Å². The standard InChI is InChI=1S/C22H23FN4O2/c23-17-12-10-16(11-13-17)14-26(18-6-2-1-3-7-18)21(28)15-27-22(29)19-8-4-5-9-20(19)24-25-27/h4-5,8-13,18H,1-3,6-7,14-15H2. The van der Waals surface area contributed by atoms with Gasteiger partial charge in [-0.05, 0) is 42.7 Å². The van der Waals surface area contributed by atoms with E-state index in [-0.39, 0.29) is 29.9 Å². The van der Waals surface area contributed by atoms with E-state index in [2.05, 4.69) is 10.3 Å². The lowest BCUT2D eigenvalue weighted by atomic mass is 9.93. The van der Waals surface area contributed by atoms with Crippen molar-refractivity contribution in [1.29, 1.82) is 0 Å². The highest BCUT2D eigenvalue weighted by Gasteiger charge is 2.26. The van der Waals surface area contributed by atoms with E-state index in [0.717, 1.165) is 35.9 Å². The number of hydrogen-bond acceptors (Lipinski definition) is 4. The van der Waals surface area contributed by atoms with E-state index in [9.17, 15) is 14.0 Å². The Morgan fingerprint density at radius 2 is 1.79 bits per heavy atom. The Bertz CT molecular complexity index is 1060. The molecule has 1 amide bonds. The number of amides is 1. The van der Waals surface area contributed by atoms with Crippen molar-refractivity contribution in [3.8, 4) is 0 Å². The van der Waals surface area contributed by atoms with Crippen molar-refractivity contribution in [2.45, 2.75) is 51.2 Å².